The normalized spacial score (nSPS) is 10.7. The second kappa shape index (κ2) is 8.82. The summed E-state index contributed by atoms with van der Waals surface area (Å²) in [5.41, 5.74) is 1.72. The molecule has 0 atom stereocenters. The highest BCUT2D eigenvalue weighted by Crippen LogP contribution is 2.25. The van der Waals surface area contributed by atoms with Crippen molar-refractivity contribution < 1.29 is 14.3 Å². The minimum atomic E-state index is -0.239. The highest BCUT2D eigenvalue weighted by atomic mass is 32.1. The van der Waals surface area contributed by atoms with Gasteiger partial charge in [0.1, 0.15) is 11.5 Å². The summed E-state index contributed by atoms with van der Waals surface area (Å²) in [5, 5.41) is 9.31. The Hall–Kier alpha value is -2.38. The molecule has 0 radical (unpaired) electrons. The van der Waals surface area contributed by atoms with E-state index in [1.165, 1.54) is 16.9 Å². The number of nitrogens with zero attached hydrogens (tertiary/aromatic N) is 1. The van der Waals surface area contributed by atoms with E-state index < -0.39 is 0 Å². The van der Waals surface area contributed by atoms with Gasteiger partial charge in [0.25, 0.3) is 5.91 Å². The van der Waals surface area contributed by atoms with Crippen molar-refractivity contribution in [2.75, 3.05) is 11.9 Å². The number of ether oxygens (including phenoxy) is 2. The predicted octanol–water partition coefficient (Wildman–Crippen LogP) is 4.87. The number of rotatable bonds is 8. The summed E-state index contributed by atoms with van der Waals surface area (Å²) < 4.78 is 11.6. The zero-order valence-electron chi connectivity index (χ0n) is 14.6. The van der Waals surface area contributed by atoms with Gasteiger partial charge in [0.2, 0.25) is 0 Å². The Bertz CT molecular complexity index is 831. The lowest BCUT2D eigenvalue weighted by Gasteiger charge is -2.14. The van der Waals surface area contributed by atoms with Crippen molar-refractivity contribution in [3.05, 3.63) is 57.7 Å². The van der Waals surface area contributed by atoms with Crippen LogP contribution in [0.15, 0.2) is 46.6 Å². The van der Waals surface area contributed by atoms with E-state index in [0.717, 1.165) is 6.42 Å². The number of carbonyl (C=O) groups excluding carboxylic acids is 1. The zero-order valence-corrected chi connectivity index (χ0v) is 16.2. The quantitative estimate of drug-likeness (QED) is 0.598. The van der Waals surface area contributed by atoms with Crippen molar-refractivity contribution >= 4 is 33.7 Å². The minimum absolute atomic E-state index is 0.00549. The number of hydrogen-bond acceptors (Lipinski definition) is 6. The Labute approximate surface area is 160 Å². The lowest BCUT2D eigenvalue weighted by molar-refractivity contribution is 0.102. The number of amides is 1. The first-order chi connectivity index (χ1) is 12.6. The molecule has 0 aliphatic heterocycles. The molecular weight excluding hydrogens is 368 g/mol. The maximum absolute atomic E-state index is 12.5. The van der Waals surface area contributed by atoms with Crippen LogP contribution in [0, 0.1) is 0 Å². The number of nitrogens with one attached hydrogen (secondary N) is 1. The van der Waals surface area contributed by atoms with Crippen molar-refractivity contribution in [2.45, 2.75) is 26.4 Å². The molecule has 7 heteroatoms. The molecule has 26 heavy (non-hydrogen) atoms. The molecule has 0 bridgehead atoms. The van der Waals surface area contributed by atoms with Gasteiger partial charge < -0.3 is 9.47 Å². The number of thiazole rings is 1. The van der Waals surface area contributed by atoms with Gasteiger partial charge in [0.15, 0.2) is 5.13 Å². The molecule has 0 unspecified atom stereocenters. The van der Waals surface area contributed by atoms with Gasteiger partial charge in [-0.25, -0.2) is 4.98 Å². The lowest BCUT2D eigenvalue weighted by atomic mass is 10.2. The third kappa shape index (κ3) is 5.31. The van der Waals surface area contributed by atoms with Crippen LogP contribution in [0.3, 0.4) is 0 Å². The number of thiophene rings is 1. The molecule has 3 aromatic rings. The first-order valence-corrected chi connectivity index (χ1v) is 10.1. The Balaban J connectivity index is 1.73. The van der Waals surface area contributed by atoms with Crippen LogP contribution in [0.5, 0.6) is 11.5 Å². The Morgan fingerprint density at radius 1 is 1.23 bits per heavy atom. The largest absolute Gasteiger partial charge is 0.493 e. The molecule has 1 aromatic carbocycles. The van der Waals surface area contributed by atoms with E-state index in [2.05, 4.69) is 21.7 Å². The van der Waals surface area contributed by atoms with Crippen molar-refractivity contribution in [3.8, 4) is 11.5 Å². The van der Waals surface area contributed by atoms with Crippen LogP contribution in [-0.2, 0) is 6.42 Å². The Morgan fingerprint density at radius 2 is 2.08 bits per heavy atom. The van der Waals surface area contributed by atoms with Gasteiger partial charge in [-0.15, -0.1) is 11.3 Å². The smallest absolute Gasteiger partial charge is 0.257 e. The molecule has 5 nitrogen and oxygen atoms in total. The van der Waals surface area contributed by atoms with Crippen LogP contribution in [0.2, 0.25) is 0 Å². The molecule has 136 valence electrons. The average Bonchev–Trinajstić information content (AvgIpc) is 3.28. The van der Waals surface area contributed by atoms with Crippen molar-refractivity contribution in [3.63, 3.8) is 0 Å². The number of hydrogen-bond donors (Lipinski definition) is 1. The number of benzene rings is 1. The zero-order chi connectivity index (χ0) is 18.4. The van der Waals surface area contributed by atoms with Crippen LogP contribution in [0.25, 0.3) is 0 Å². The maximum Gasteiger partial charge on any atom is 0.257 e. The fourth-order valence-electron chi connectivity index (χ4n) is 2.30. The molecule has 0 spiro atoms. The Kier molecular flexibility index (Phi) is 6.25. The highest BCUT2D eigenvalue weighted by Gasteiger charge is 2.12. The van der Waals surface area contributed by atoms with Gasteiger partial charge in [-0.2, -0.15) is 11.3 Å². The third-order valence-electron chi connectivity index (χ3n) is 3.41. The molecule has 2 heterocycles. The molecule has 1 N–H and O–H groups in total. The first-order valence-electron chi connectivity index (χ1n) is 8.26. The summed E-state index contributed by atoms with van der Waals surface area (Å²) in [6.07, 6.45) is 2.47. The molecule has 2 aromatic heterocycles. The van der Waals surface area contributed by atoms with E-state index in [9.17, 15) is 4.79 Å². The van der Waals surface area contributed by atoms with Gasteiger partial charge in [-0.1, -0.05) is 0 Å². The summed E-state index contributed by atoms with van der Waals surface area (Å²) in [5.74, 6) is 0.983. The average molecular weight is 389 g/mol. The summed E-state index contributed by atoms with van der Waals surface area (Å²) in [6, 6.07) is 7.34. The van der Waals surface area contributed by atoms with E-state index in [1.54, 1.807) is 29.7 Å². The van der Waals surface area contributed by atoms with Gasteiger partial charge >= 0.3 is 0 Å². The fraction of sp³-hybridized carbons (Fsp3) is 0.263. The number of anilines is 1. The molecule has 0 aliphatic carbocycles. The first kappa shape index (κ1) is 18.4. The molecule has 1 amide bonds. The van der Waals surface area contributed by atoms with Crippen molar-refractivity contribution in [2.24, 2.45) is 0 Å². The van der Waals surface area contributed by atoms with Gasteiger partial charge in [-0.3, -0.25) is 10.1 Å². The monoisotopic (exact) mass is 388 g/mol. The van der Waals surface area contributed by atoms with Gasteiger partial charge in [-0.05, 0) is 48.4 Å². The molecule has 0 fully saturated rings. The van der Waals surface area contributed by atoms with Gasteiger partial charge in [0, 0.05) is 29.6 Å². The van der Waals surface area contributed by atoms with E-state index in [1.807, 2.05) is 30.7 Å². The molecular formula is C19H20N2O3S2. The minimum Gasteiger partial charge on any atom is -0.493 e. The second-order valence-electron chi connectivity index (χ2n) is 5.88. The van der Waals surface area contributed by atoms with E-state index >= 15 is 0 Å². The van der Waals surface area contributed by atoms with Crippen LogP contribution in [0.1, 0.15) is 29.8 Å². The second-order valence-corrected chi connectivity index (χ2v) is 7.56. The molecule has 3 rings (SSSR count). The molecule has 0 aliphatic rings. The standard InChI is InChI=1S/C19H20N2O3S2/c1-13(2)24-17-10-15(18(22)21-19-20-5-8-26-19)9-16(11-17)23-6-3-14-4-7-25-12-14/h4-5,7-13H,3,6H2,1-2H3,(H,20,21,22). The third-order valence-corrected chi connectivity index (χ3v) is 4.83. The topological polar surface area (TPSA) is 60.5 Å². The number of carbonyl (C=O) groups is 1. The SMILES string of the molecule is CC(C)Oc1cc(OCCc2ccsc2)cc(C(=O)Nc2nccs2)c1. The Morgan fingerprint density at radius 3 is 2.77 bits per heavy atom. The van der Waals surface area contributed by atoms with Crippen LogP contribution >= 0.6 is 22.7 Å². The molecule has 0 saturated heterocycles. The van der Waals surface area contributed by atoms with E-state index in [-0.39, 0.29) is 12.0 Å². The van der Waals surface area contributed by atoms with Crippen LogP contribution < -0.4 is 14.8 Å². The van der Waals surface area contributed by atoms with Crippen molar-refractivity contribution in [1.82, 2.24) is 4.98 Å². The highest BCUT2D eigenvalue weighted by molar-refractivity contribution is 7.13. The van der Waals surface area contributed by atoms with Crippen LogP contribution in [0.4, 0.5) is 5.13 Å². The van der Waals surface area contributed by atoms with Crippen molar-refractivity contribution in [1.29, 1.82) is 0 Å². The summed E-state index contributed by atoms with van der Waals surface area (Å²) in [4.78, 5) is 16.6. The summed E-state index contributed by atoms with van der Waals surface area (Å²) in [6.45, 7) is 4.42. The summed E-state index contributed by atoms with van der Waals surface area (Å²) >= 11 is 3.04. The van der Waals surface area contributed by atoms with Gasteiger partial charge in [0.05, 0.1) is 12.7 Å². The lowest BCUT2D eigenvalue weighted by Crippen LogP contribution is -2.13. The molecule has 0 saturated carbocycles. The summed E-state index contributed by atoms with van der Waals surface area (Å²) in [7, 11) is 0. The predicted molar refractivity (Wildman–Crippen MR) is 106 cm³/mol. The fourth-order valence-corrected chi connectivity index (χ4v) is 3.53. The van der Waals surface area contributed by atoms with E-state index in [0.29, 0.717) is 28.8 Å². The number of aromatic nitrogens is 1. The maximum atomic E-state index is 12.5. The van der Waals surface area contributed by atoms with E-state index in [4.69, 9.17) is 9.47 Å². The van der Waals surface area contributed by atoms with Crippen LogP contribution in [-0.4, -0.2) is 23.6 Å².